The molecule has 0 amide bonds. The number of nitrogens with zero attached hydrogens (tertiary/aromatic N) is 2. The van der Waals surface area contributed by atoms with Gasteiger partial charge >= 0.3 is 8.25 Å². The largest absolute Gasteiger partial charge is 0.457 e. The minimum absolute atomic E-state index is 0.00731. The maximum absolute atomic E-state index is 11.1. The number of ether oxygens (including phenoxy) is 1. The van der Waals surface area contributed by atoms with E-state index in [-0.39, 0.29) is 11.2 Å². The highest BCUT2D eigenvalue weighted by atomic mass is 31.1. The van der Waals surface area contributed by atoms with Gasteiger partial charge in [-0.25, -0.2) is 0 Å². The van der Waals surface area contributed by atoms with Crippen LogP contribution in [0.1, 0.15) is 26.3 Å². The molecule has 9 nitrogen and oxygen atoms in total. The smallest absolute Gasteiger partial charge is 0.314 e. The summed E-state index contributed by atoms with van der Waals surface area (Å²) in [6, 6.07) is 13.2. The fourth-order valence-electron chi connectivity index (χ4n) is 1.98. The summed E-state index contributed by atoms with van der Waals surface area (Å²) in [5, 5.41) is 23.0. The number of nitriles is 1. The normalized spacial score (nSPS) is 10.4. The van der Waals surface area contributed by atoms with Gasteiger partial charge in [-0.2, -0.15) is 5.26 Å². The van der Waals surface area contributed by atoms with Crippen molar-refractivity contribution in [2.75, 3.05) is 5.32 Å². The first-order valence-electron chi connectivity index (χ1n) is 7.68. The number of nitrogens with one attached hydrogen (secondary N) is 1. The van der Waals surface area contributed by atoms with Crippen LogP contribution in [0.2, 0.25) is 0 Å². The van der Waals surface area contributed by atoms with Gasteiger partial charge in [0.25, 0.3) is 5.69 Å². The van der Waals surface area contributed by atoms with Crippen LogP contribution in [0.15, 0.2) is 42.5 Å². The zero-order valence-corrected chi connectivity index (χ0v) is 16.0. The van der Waals surface area contributed by atoms with Crippen molar-refractivity contribution in [3.8, 4) is 17.6 Å². The Morgan fingerprint density at radius 2 is 1.67 bits per heavy atom. The Balaban J connectivity index is 0.000000828. The maximum atomic E-state index is 11.1. The number of anilines is 1. The van der Waals surface area contributed by atoms with Crippen molar-refractivity contribution in [3.63, 3.8) is 0 Å². The molecule has 3 N–H and O–H groups in total. The fraction of sp³-hybridized carbons (Fsp3) is 0.235. The zero-order chi connectivity index (χ0) is 20.6. The van der Waals surface area contributed by atoms with E-state index in [9.17, 15) is 10.1 Å². The molecule has 0 fully saturated rings. The Morgan fingerprint density at radius 1 is 1.15 bits per heavy atom. The van der Waals surface area contributed by atoms with Crippen LogP contribution in [0.3, 0.4) is 0 Å². The number of nitro benzene ring substituents is 1. The van der Waals surface area contributed by atoms with Crippen LogP contribution in [0, 0.1) is 21.4 Å². The molecule has 0 saturated carbocycles. The Bertz CT molecular complexity index is 852. The molecule has 2 rings (SSSR count). The molecule has 10 heteroatoms. The Labute approximate surface area is 156 Å². The molecule has 0 radical (unpaired) electrons. The lowest BCUT2D eigenvalue weighted by Gasteiger charge is -2.22. The molecule has 0 spiro atoms. The molecule has 0 aliphatic rings. The van der Waals surface area contributed by atoms with Gasteiger partial charge in [0.15, 0.2) is 0 Å². The zero-order valence-electron chi connectivity index (χ0n) is 15.0. The first-order valence-corrected chi connectivity index (χ1v) is 8.98. The Hall–Kier alpha value is -2.92. The predicted octanol–water partition coefficient (Wildman–Crippen LogP) is 3.83. The standard InChI is InChI=1S/C17H17N3O3.H3O3P/c1-17(2,3)19-15-10-14(8-9-16(15)20(21)22)23-13-6-4-12(11-18)5-7-13;1-4(2)3/h4-10,19H,1-3H3;4H,(H2,1,2,3). The molecule has 144 valence electrons. The Kier molecular flexibility index (Phi) is 7.94. The summed E-state index contributed by atoms with van der Waals surface area (Å²) in [6.45, 7) is 5.76. The third-order valence-corrected chi connectivity index (χ3v) is 2.89. The third kappa shape index (κ3) is 8.33. The highest BCUT2D eigenvalue weighted by Gasteiger charge is 2.19. The molecule has 0 heterocycles. The summed E-state index contributed by atoms with van der Waals surface area (Å²) in [5.74, 6) is 1.03. The average molecular weight is 393 g/mol. The van der Waals surface area contributed by atoms with Gasteiger partial charge in [-0.15, -0.1) is 0 Å². The summed E-state index contributed by atoms with van der Waals surface area (Å²) in [7, 11) is -3.13. The van der Waals surface area contributed by atoms with Crippen molar-refractivity contribution >= 4 is 19.6 Å². The highest BCUT2D eigenvalue weighted by molar-refractivity contribution is 7.30. The van der Waals surface area contributed by atoms with E-state index in [0.717, 1.165) is 0 Å². The van der Waals surface area contributed by atoms with E-state index >= 15 is 0 Å². The molecule has 2 aromatic rings. The molecule has 0 unspecified atom stereocenters. The van der Waals surface area contributed by atoms with Gasteiger partial charge in [-0.3, -0.25) is 14.7 Å². The molecule has 0 aromatic heterocycles. The summed E-state index contributed by atoms with van der Waals surface area (Å²) in [4.78, 5) is 25.0. The lowest BCUT2D eigenvalue weighted by molar-refractivity contribution is -0.384. The van der Waals surface area contributed by atoms with Crippen molar-refractivity contribution in [1.82, 2.24) is 0 Å². The second kappa shape index (κ2) is 9.69. The highest BCUT2D eigenvalue weighted by Crippen LogP contribution is 2.33. The lowest BCUT2D eigenvalue weighted by Crippen LogP contribution is -2.26. The summed E-state index contributed by atoms with van der Waals surface area (Å²) >= 11 is 0. The van der Waals surface area contributed by atoms with Crippen LogP contribution in [0.4, 0.5) is 11.4 Å². The van der Waals surface area contributed by atoms with Gasteiger partial charge in [0, 0.05) is 17.7 Å². The average Bonchev–Trinajstić information content (AvgIpc) is 2.53. The van der Waals surface area contributed by atoms with Gasteiger partial charge in [-0.1, -0.05) is 0 Å². The SMILES string of the molecule is CC(C)(C)Nc1cc(Oc2ccc(C#N)cc2)ccc1[N+](=O)[O-].O=[PH](O)O. The molecular weight excluding hydrogens is 373 g/mol. The summed E-state index contributed by atoms with van der Waals surface area (Å²) < 4.78 is 14.4. The number of hydrogen-bond acceptors (Lipinski definition) is 6. The molecule has 0 atom stereocenters. The van der Waals surface area contributed by atoms with Gasteiger partial charge in [0.2, 0.25) is 0 Å². The van der Waals surface area contributed by atoms with Crippen molar-refractivity contribution in [1.29, 1.82) is 5.26 Å². The maximum Gasteiger partial charge on any atom is 0.314 e. The number of rotatable bonds is 4. The van der Waals surface area contributed by atoms with Gasteiger partial charge < -0.3 is 19.8 Å². The molecule has 2 aromatic carbocycles. The van der Waals surface area contributed by atoms with E-state index in [4.69, 9.17) is 24.4 Å². The minimum Gasteiger partial charge on any atom is -0.457 e. The molecule has 27 heavy (non-hydrogen) atoms. The van der Waals surface area contributed by atoms with Crippen LogP contribution in [-0.4, -0.2) is 20.2 Å². The molecular formula is C17H20N3O6P. The van der Waals surface area contributed by atoms with Crippen LogP contribution < -0.4 is 10.1 Å². The topological polar surface area (TPSA) is 146 Å². The van der Waals surface area contributed by atoms with Crippen molar-refractivity contribution < 1.29 is 24.0 Å². The predicted molar refractivity (Wildman–Crippen MR) is 101 cm³/mol. The molecule has 0 saturated heterocycles. The van der Waals surface area contributed by atoms with Crippen molar-refractivity contribution in [3.05, 3.63) is 58.1 Å². The Morgan fingerprint density at radius 3 is 2.11 bits per heavy atom. The molecule has 0 bridgehead atoms. The van der Waals surface area contributed by atoms with E-state index in [1.807, 2.05) is 26.8 Å². The van der Waals surface area contributed by atoms with Crippen LogP contribution >= 0.6 is 8.25 Å². The van der Waals surface area contributed by atoms with Gasteiger partial charge in [-0.05, 0) is 51.1 Å². The molecule has 0 aliphatic carbocycles. The van der Waals surface area contributed by atoms with E-state index in [2.05, 4.69) is 5.32 Å². The molecule has 0 aliphatic heterocycles. The second-order valence-electron chi connectivity index (χ2n) is 6.33. The van der Waals surface area contributed by atoms with E-state index in [0.29, 0.717) is 22.7 Å². The third-order valence-electron chi connectivity index (χ3n) is 2.89. The van der Waals surface area contributed by atoms with Gasteiger partial charge in [0.1, 0.15) is 17.2 Å². The number of nitro groups is 1. The minimum atomic E-state index is -3.13. The number of benzene rings is 2. The number of hydrogen-bond donors (Lipinski definition) is 3. The van der Waals surface area contributed by atoms with E-state index in [1.54, 1.807) is 36.4 Å². The van der Waals surface area contributed by atoms with Crippen LogP contribution in [-0.2, 0) is 4.57 Å². The van der Waals surface area contributed by atoms with E-state index in [1.165, 1.54) is 6.07 Å². The van der Waals surface area contributed by atoms with E-state index < -0.39 is 13.2 Å². The van der Waals surface area contributed by atoms with Crippen LogP contribution in [0.25, 0.3) is 0 Å². The lowest BCUT2D eigenvalue weighted by atomic mass is 10.1. The monoisotopic (exact) mass is 393 g/mol. The summed E-state index contributed by atoms with van der Waals surface area (Å²) in [6.07, 6.45) is 0. The van der Waals surface area contributed by atoms with Crippen molar-refractivity contribution in [2.24, 2.45) is 0 Å². The van der Waals surface area contributed by atoms with Gasteiger partial charge in [0.05, 0.1) is 16.6 Å². The summed E-state index contributed by atoms with van der Waals surface area (Å²) in [5.41, 5.74) is 0.606. The van der Waals surface area contributed by atoms with Crippen molar-refractivity contribution in [2.45, 2.75) is 26.3 Å². The fourth-order valence-corrected chi connectivity index (χ4v) is 1.98. The second-order valence-corrected chi connectivity index (χ2v) is 6.90. The quantitative estimate of drug-likeness (QED) is 0.403. The van der Waals surface area contributed by atoms with Crippen LogP contribution in [0.5, 0.6) is 11.5 Å². The first kappa shape index (κ1) is 22.1. The first-order chi connectivity index (χ1) is 12.5.